The molecule has 0 N–H and O–H groups in total. The Bertz CT molecular complexity index is 1080. The highest BCUT2D eigenvalue weighted by Crippen LogP contribution is 2.29. The van der Waals surface area contributed by atoms with Crippen molar-refractivity contribution in [2.45, 2.75) is 25.4 Å². The fourth-order valence-electron chi connectivity index (χ4n) is 3.94. The van der Waals surface area contributed by atoms with Crippen LogP contribution >= 0.6 is 0 Å². The van der Waals surface area contributed by atoms with Crippen LogP contribution in [0.1, 0.15) is 27.2 Å². The predicted molar refractivity (Wildman–Crippen MR) is 116 cm³/mol. The second-order valence-electron chi connectivity index (χ2n) is 8.16. The van der Waals surface area contributed by atoms with Crippen LogP contribution in [-0.2, 0) is 24.0 Å². The van der Waals surface area contributed by atoms with E-state index in [9.17, 15) is 22.4 Å². The summed E-state index contributed by atoms with van der Waals surface area (Å²) in [6.45, 7) is 2.27. The SMILES string of the molecule is O=C(c1ccc(C(F)(F)F)cc1)N(Cc1ccco1)C[C@@H]1CN(Cc2ccccc2F)CCO1. The molecule has 0 bridgehead atoms. The van der Waals surface area contributed by atoms with Crippen LogP contribution in [0.15, 0.2) is 71.3 Å². The zero-order chi connectivity index (χ0) is 24.1. The molecule has 9 heteroatoms. The van der Waals surface area contributed by atoms with Crippen molar-refractivity contribution in [1.29, 1.82) is 0 Å². The molecule has 0 unspecified atom stereocenters. The highest BCUT2D eigenvalue weighted by Gasteiger charge is 2.31. The number of benzene rings is 2. The van der Waals surface area contributed by atoms with Gasteiger partial charge in [0.05, 0.1) is 31.1 Å². The summed E-state index contributed by atoms with van der Waals surface area (Å²) in [5, 5.41) is 0. The predicted octanol–water partition coefficient (Wildman–Crippen LogP) is 4.98. The minimum absolute atomic E-state index is 0.138. The Kier molecular flexibility index (Phi) is 7.33. The third-order valence-electron chi connectivity index (χ3n) is 5.67. The maximum absolute atomic E-state index is 14.1. The lowest BCUT2D eigenvalue weighted by molar-refractivity contribution is -0.137. The quantitative estimate of drug-likeness (QED) is 0.452. The van der Waals surface area contributed by atoms with E-state index in [-0.39, 0.29) is 30.6 Å². The molecule has 0 aliphatic carbocycles. The van der Waals surface area contributed by atoms with Gasteiger partial charge in [0.2, 0.25) is 0 Å². The average molecular weight is 476 g/mol. The van der Waals surface area contributed by atoms with Crippen LogP contribution in [0.4, 0.5) is 17.6 Å². The molecule has 1 fully saturated rings. The number of amides is 1. The maximum Gasteiger partial charge on any atom is 0.416 e. The van der Waals surface area contributed by atoms with Crippen molar-refractivity contribution in [3.8, 4) is 0 Å². The number of carbonyl (C=O) groups is 1. The van der Waals surface area contributed by atoms with E-state index in [2.05, 4.69) is 4.90 Å². The molecule has 180 valence electrons. The van der Waals surface area contributed by atoms with Gasteiger partial charge >= 0.3 is 6.18 Å². The molecule has 2 heterocycles. The smallest absolute Gasteiger partial charge is 0.416 e. The van der Waals surface area contributed by atoms with Crippen LogP contribution in [0, 0.1) is 5.82 Å². The normalized spacial score (nSPS) is 17.0. The maximum atomic E-state index is 14.1. The first-order chi connectivity index (χ1) is 16.3. The third kappa shape index (κ3) is 6.03. The summed E-state index contributed by atoms with van der Waals surface area (Å²) in [4.78, 5) is 16.8. The molecular formula is C25H24F4N2O3. The van der Waals surface area contributed by atoms with Crippen molar-refractivity contribution >= 4 is 5.91 Å². The van der Waals surface area contributed by atoms with Crippen molar-refractivity contribution in [2.75, 3.05) is 26.2 Å². The average Bonchev–Trinajstić information content (AvgIpc) is 3.33. The van der Waals surface area contributed by atoms with Gasteiger partial charge in [0.15, 0.2) is 0 Å². The standard InChI is InChI=1S/C25H24F4N2O3/c26-23-6-2-1-4-19(23)14-30-11-13-34-22(15-30)17-31(16-21-5-3-12-33-21)24(32)18-7-9-20(10-8-18)25(27,28)29/h1-10,12,22H,11,13-17H2/t22-/m0/s1. The van der Waals surface area contributed by atoms with Crippen LogP contribution in [0.3, 0.4) is 0 Å². The Hall–Kier alpha value is -3.17. The number of hydrogen-bond acceptors (Lipinski definition) is 4. The molecule has 1 aliphatic heterocycles. The summed E-state index contributed by atoms with van der Waals surface area (Å²) < 4.78 is 64.0. The van der Waals surface area contributed by atoms with Gasteiger partial charge in [-0.1, -0.05) is 18.2 Å². The molecule has 1 atom stereocenters. The van der Waals surface area contributed by atoms with Gasteiger partial charge in [0.25, 0.3) is 5.91 Å². The molecule has 1 amide bonds. The van der Waals surface area contributed by atoms with E-state index < -0.39 is 17.6 Å². The Morgan fingerprint density at radius 2 is 1.82 bits per heavy atom. The van der Waals surface area contributed by atoms with E-state index in [0.717, 1.165) is 12.1 Å². The number of ether oxygens (including phenoxy) is 1. The van der Waals surface area contributed by atoms with E-state index in [1.54, 1.807) is 30.3 Å². The van der Waals surface area contributed by atoms with E-state index in [1.807, 2.05) is 0 Å². The third-order valence-corrected chi connectivity index (χ3v) is 5.67. The van der Waals surface area contributed by atoms with Crippen molar-refractivity contribution in [3.63, 3.8) is 0 Å². The number of halogens is 4. The second kappa shape index (κ2) is 10.4. The van der Waals surface area contributed by atoms with Gasteiger partial charge in [-0.3, -0.25) is 9.69 Å². The highest BCUT2D eigenvalue weighted by molar-refractivity contribution is 5.94. The lowest BCUT2D eigenvalue weighted by atomic mass is 10.1. The first-order valence-electron chi connectivity index (χ1n) is 10.9. The summed E-state index contributed by atoms with van der Waals surface area (Å²) in [6, 6.07) is 14.1. The number of rotatable bonds is 7. The van der Waals surface area contributed by atoms with Crippen molar-refractivity contribution in [1.82, 2.24) is 9.80 Å². The number of carbonyl (C=O) groups excluding carboxylic acids is 1. The van der Waals surface area contributed by atoms with Crippen molar-refractivity contribution in [3.05, 3.63) is 95.2 Å². The Morgan fingerprint density at radius 1 is 1.06 bits per heavy atom. The largest absolute Gasteiger partial charge is 0.467 e. The summed E-state index contributed by atoms with van der Waals surface area (Å²) in [6.07, 6.45) is -3.34. The zero-order valence-electron chi connectivity index (χ0n) is 18.3. The number of hydrogen-bond donors (Lipinski definition) is 0. The van der Waals surface area contributed by atoms with Gasteiger partial charge in [0.1, 0.15) is 11.6 Å². The number of morpholine rings is 1. The van der Waals surface area contributed by atoms with Crippen LogP contribution in [-0.4, -0.2) is 48.1 Å². The minimum Gasteiger partial charge on any atom is -0.467 e. The van der Waals surface area contributed by atoms with Gasteiger partial charge in [-0.05, 0) is 42.5 Å². The Morgan fingerprint density at radius 3 is 2.50 bits per heavy atom. The number of nitrogens with zero attached hydrogens (tertiary/aromatic N) is 2. The summed E-state index contributed by atoms with van der Waals surface area (Å²) >= 11 is 0. The molecule has 34 heavy (non-hydrogen) atoms. The monoisotopic (exact) mass is 476 g/mol. The second-order valence-corrected chi connectivity index (χ2v) is 8.16. The van der Waals surface area contributed by atoms with Gasteiger partial charge in [-0.15, -0.1) is 0 Å². The van der Waals surface area contributed by atoms with E-state index in [4.69, 9.17) is 9.15 Å². The van der Waals surface area contributed by atoms with Crippen LogP contribution < -0.4 is 0 Å². The molecular weight excluding hydrogens is 452 g/mol. The Balaban J connectivity index is 1.47. The Labute approximate surface area is 194 Å². The first-order valence-corrected chi connectivity index (χ1v) is 10.9. The van der Waals surface area contributed by atoms with Gasteiger partial charge in [-0.2, -0.15) is 13.2 Å². The summed E-state index contributed by atoms with van der Waals surface area (Å²) in [5.41, 5.74) is -0.101. The molecule has 2 aromatic carbocycles. The topological polar surface area (TPSA) is 45.9 Å². The highest BCUT2D eigenvalue weighted by atomic mass is 19.4. The van der Waals surface area contributed by atoms with Crippen LogP contribution in [0.5, 0.6) is 0 Å². The van der Waals surface area contributed by atoms with Crippen LogP contribution in [0.25, 0.3) is 0 Å². The van der Waals surface area contributed by atoms with Gasteiger partial charge in [-0.25, -0.2) is 4.39 Å². The van der Waals surface area contributed by atoms with Crippen molar-refractivity contribution in [2.24, 2.45) is 0 Å². The van der Waals surface area contributed by atoms with Gasteiger partial charge < -0.3 is 14.1 Å². The molecule has 4 rings (SSSR count). The molecule has 3 aromatic rings. The lowest BCUT2D eigenvalue weighted by Crippen LogP contribution is -2.48. The fraction of sp³-hybridized carbons (Fsp3) is 0.320. The molecule has 0 spiro atoms. The first kappa shape index (κ1) is 24.0. The summed E-state index contributed by atoms with van der Waals surface area (Å²) in [5.74, 6) is -0.165. The van der Waals surface area contributed by atoms with Crippen molar-refractivity contribution < 1.29 is 31.5 Å². The molecule has 1 saturated heterocycles. The van der Waals surface area contributed by atoms with E-state index >= 15 is 0 Å². The molecule has 1 aromatic heterocycles. The van der Waals surface area contributed by atoms with Crippen LogP contribution in [0.2, 0.25) is 0 Å². The minimum atomic E-state index is -4.48. The summed E-state index contributed by atoms with van der Waals surface area (Å²) in [7, 11) is 0. The number of furan rings is 1. The molecule has 1 aliphatic rings. The molecule has 0 saturated carbocycles. The van der Waals surface area contributed by atoms with E-state index in [1.165, 1.54) is 29.4 Å². The van der Waals surface area contributed by atoms with Gasteiger partial charge in [0, 0.05) is 37.3 Å². The molecule has 5 nitrogen and oxygen atoms in total. The lowest BCUT2D eigenvalue weighted by Gasteiger charge is -2.35. The number of alkyl halides is 3. The van der Waals surface area contributed by atoms with E-state index in [0.29, 0.717) is 37.6 Å². The fourth-order valence-corrected chi connectivity index (χ4v) is 3.94. The molecule has 0 radical (unpaired) electrons. The zero-order valence-corrected chi connectivity index (χ0v) is 18.3.